The predicted molar refractivity (Wildman–Crippen MR) is 71.7 cm³/mol. The zero-order valence-corrected chi connectivity index (χ0v) is 13.8. The molecule has 0 aromatic heterocycles. The number of halogens is 12. The Kier molecular flexibility index (Phi) is 5.30. The molecule has 156 valence electrons. The Bertz CT molecular complexity index is 974. The van der Waals surface area contributed by atoms with Gasteiger partial charge >= 0.3 is 17.8 Å². The lowest BCUT2D eigenvalue weighted by Gasteiger charge is -2.26. The first-order chi connectivity index (χ1) is 13.1. The fraction of sp³-hybridized carbons (Fsp3) is 0.333. The molecule has 0 fully saturated rings. The van der Waals surface area contributed by atoms with Gasteiger partial charge in [-0.3, -0.25) is 0 Å². The molecule has 0 radical (unpaired) electrons. The number of benzene rings is 1. The first kappa shape index (κ1) is 22.7. The fourth-order valence-corrected chi connectivity index (χ4v) is 2.97. The van der Waals surface area contributed by atoms with Gasteiger partial charge in [0.2, 0.25) is 5.82 Å². The number of hydrogen-bond acceptors (Lipinski definition) is 2. The van der Waals surface area contributed by atoms with E-state index >= 15 is 0 Å². The van der Waals surface area contributed by atoms with Gasteiger partial charge in [-0.25, -0.2) is 22.0 Å². The van der Waals surface area contributed by atoms with Crippen LogP contribution in [-0.2, 0) is 0 Å². The molecule has 1 aromatic carbocycles. The van der Waals surface area contributed by atoms with Gasteiger partial charge in [-0.05, 0) is 0 Å². The van der Waals surface area contributed by atoms with E-state index in [2.05, 4.69) is 0 Å². The van der Waals surface area contributed by atoms with Crippen LogP contribution >= 0.6 is 11.6 Å². The fourth-order valence-electron chi connectivity index (χ4n) is 2.72. The molecule has 14 heteroatoms. The summed E-state index contributed by atoms with van der Waals surface area (Å²) < 4.78 is 151. The predicted octanol–water partition coefficient (Wildman–Crippen LogP) is 5.34. The molecule has 0 amide bonds. The van der Waals surface area contributed by atoms with Crippen LogP contribution in [0.15, 0.2) is 11.1 Å². The summed E-state index contributed by atoms with van der Waals surface area (Å²) in [6.07, 6.45) is 0. The minimum atomic E-state index is -6.34. The minimum Gasteiger partial charge on any atom is -0.203 e. The molecule has 2 atom stereocenters. The first-order valence-electron chi connectivity index (χ1n) is 6.94. The summed E-state index contributed by atoms with van der Waals surface area (Å²) in [6, 6.07) is 1.26. The van der Waals surface area contributed by atoms with Crippen molar-refractivity contribution in [2.24, 2.45) is 0 Å². The van der Waals surface area contributed by atoms with Crippen molar-refractivity contribution in [2.45, 2.75) is 29.1 Å². The molecule has 2 rings (SSSR count). The summed E-state index contributed by atoms with van der Waals surface area (Å²) in [4.78, 5) is 0. The molecule has 0 bridgehead atoms. The molecule has 0 spiro atoms. The Morgan fingerprint density at radius 3 is 1.41 bits per heavy atom. The van der Waals surface area contributed by atoms with Crippen molar-refractivity contribution in [1.29, 1.82) is 10.5 Å². The Labute approximate surface area is 158 Å². The van der Waals surface area contributed by atoms with E-state index in [0.717, 1.165) is 0 Å². The minimum absolute atomic E-state index is 0.548. The zero-order valence-electron chi connectivity index (χ0n) is 13.1. The lowest BCUT2D eigenvalue weighted by Crippen LogP contribution is -2.50. The van der Waals surface area contributed by atoms with Crippen molar-refractivity contribution in [1.82, 2.24) is 0 Å². The molecule has 0 N–H and O–H groups in total. The van der Waals surface area contributed by atoms with Crippen molar-refractivity contribution in [2.75, 3.05) is 0 Å². The van der Waals surface area contributed by atoms with E-state index in [1.54, 1.807) is 0 Å². The first-order valence-corrected chi connectivity index (χ1v) is 7.37. The maximum atomic E-state index is 14.2. The SMILES string of the molecule is N#CC(Cl)C1=C(C(C#N)c2c(F)c(F)c(F)c(F)c2F)C(F)(F)C(F)(F)C1(F)F. The van der Waals surface area contributed by atoms with Crippen LogP contribution < -0.4 is 0 Å². The van der Waals surface area contributed by atoms with Crippen LogP contribution in [0.2, 0.25) is 0 Å². The number of allylic oxidation sites excluding steroid dienone is 2. The Balaban J connectivity index is 3.03. The van der Waals surface area contributed by atoms with Crippen LogP contribution in [0.25, 0.3) is 0 Å². The van der Waals surface area contributed by atoms with Crippen molar-refractivity contribution in [3.8, 4) is 12.1 Å². The van der Waals surface area contributed by atoms with Gasteiger partial charge in [-0.2, -0.15) is 36.9 Å². The van der Waals surface area contributed by atoms with E-state index in [9.17, 15) is 48.3 Å². The van der Waals surface area contributed by atoms with Crippen LogP contribution in [0.5, 0.6) is 0 Å². The maximum absolute atomic E-state index is 14.2. The van der Waals surface area contributed by atoms with E-state index in [-0.39, 0.29) is 0 Å². The van der Waals surface area contributed by atoms with Crippen molar-refractivity contribution >= 4 is 11.6 Å². The van der Waals surface area contributed by atoms with Gasteiger partial charge in [0, 0.05) is 11.1 Å². The molecule has 2 unspecified atom stereocenters. The third kappa shape index (κ3) is 2.74. The van der Waals surface area contributed by atoms with Crippen molar-refractivity contribution in [3.63, 3.8) is 0 Å². The van der Waals surface area contributed by atoms with Crippen LogP contribution in [0.1, 0.15) is 11.5 Å². The molecule has 0 saturated heterocycles. The molecule has 1 aliphatic rings. The second-order valence-corrected chi connectivity index (χ2v) is 6.02. The van der Waals surface area contributed by atoms with Gasteiger partial charge in [0.1, 0.15) is 11.3 Å². The monoisotopic (exact) mass is 454 g/mol. The van der Waals surface area contributed by atoms with Gasteiger partial charge in [0.05, 0.1) is 17.7 Å². The normalized spacial score (nSPS) is 21.4. The lowest BCUT2D eigenvalue weighted by molar-refractivity contribution is -0.265. The van der Waals surface area contributed by atoms with E-state index in [1.807, 2.05) is 0 Å². The number of rotatable bonds is 3. The number of nitrogens with zero attached hydrogens (tertiary/aromatic N) is 2. The molecule has 0 aliphatic heterocycles. The second kappa shape index (κ2) is 6.76. The molecule has 1 aromatic rings. The average molecular weight is 455 g/mol. The number of alkyl halides is 7. The summed E-state index contributed by atoms with van der Waals surface area (Å²) in [5.74, 6) is -35.9. The highest BCUT2D eigenvalue weighted by atomic mass is 35.5. The molecule has 2 nitrogen and oxygen atoms in total. The second-order valence-electron chi connectivity index (χ2n) is 5.59. The van der Waals surface area contributed by atoms with E-state index in [1.165, 1.54) is 0 Å². The lowest BCUT2D eigenvalue weighted by atomic mass is 9.86. The standard InChI is InChI=1S/C15H2ClF11N2/c16-4(2-29)7-6(13(22,23)15(26,27)14(7,24)25)3(1-28)5-8(17)10(19)12(21)11(20)9(5)18/h3-4H. The molecular formula is C15H2ClF11N2. The summed E-state index contributed by atoms with van der Waals surface area (Å²) in [7, 11) is 0. The van der Waals surface area contributed by atoms with Crippen LogP contribution in [-0.4, -0.2) is 23.1 Å². The van der Waals surface area contributed by atoms with Gasteiger partial charge in [0.25, 0.3) is 0 Å². The van der Waals surface area contributed by atoms with Crippen LogP contribution in [0.4, 0.5) is 48.3 Å². The van der Waals surface area contributed by atoms with Crippen molar-refractivity contribution in [3.05, 3.63) is 45.8 Å². The van der Waals surface area contributed by atoms with E-state index in [4.69, 9.17) is 22.1 Å². The molecule has 29 heavy (non-hydrogen) atoms. The molecule has 0 heterocycles. The number of nitriles is 2. The van der Waals surface area contributed by atoms with Gasteiger partial charge < -0.3 is 0 Å². The van der Waals surface area contributed by atoms with Gasteiger partial charge in [0.15, 0.2) is 23.3 Å². The number of hydrogen-bond donors (Lipinski definition) is 0. The van der Waals surface area contributed by atoms with Crippen LogP contribution in [0, 0.1) is 51.7 Å². The summed E-state index contributed by atoms with van der Waals surface area (Å²) in [5, 5.41) is 14.6. The average Bonchev–Trinajstić information content (AvgIpc) is 2.75. The van der Waals surface area contributed by atoms with E-state index in [0.29, 0.717) is 12.1 Å². The Morgan fingerprint density at radius 2 is 1.03 bits per heavy atom. The summed E-state index contributed by atoms with van der Waals surface area (Å²) in [5.41, 5.74) is -7.70. The molecular weight excluding hydrogens is 453 g/mol. The smallest absolute Gasteiger partial charge is 0.203 e. The van der Waals surface area contributed by atoms with Crippen molar-refractivity contribution < 1.29 is 48.3 Å². The molecule has 0 saturated carbocycles. The highest BCUT2D eigenvalue weighted by molar-refractivity contribution is 6.24. The third-order valence-electron chi connectivity index (χ3n) is 4.07. The Hall–Kier alpha value is -2.54. The zero-order chi connectivity index (χ0) is 22.7. The van der Waals surface area contributed by atoms with Gasteiger partial charge in [-0.1, -0.05) is 0 Å². The summed E-state index contributed by atoms with van der Waals surface area (Å²) >= 11 is 5.09. The summed E-state index contributed by atoms with van der Waals surface area (Å²) in [6.45, 7) is 0. The largest absolute Gasteiger partial charge is 0.380 e. The van der Waals surface area contributed by atoms with Gasteiger partial charge in [-0.15, -0.1) is 11.6 Å². The highest BCUT2D eigenvalue weighted by Gasteiger charge is 2.81. The maximum Gasteiger partial charge on any atom is 0.380 e. The molecule has 1 aliphatic carbocycles. The van der Waals surface area contributed by atoms with E-state index < -0.39 is 74.9 Å². The highest BCUT2D eigenvalue weighted by Crippen LogP contribution is 2.63. The topological polar surface area (TPSA) is 47.6 Å². The quantitative estimate of drug-likeness (QED) is 0.204. The van der Waals surface area contributed by atoms with Crippen LogP contribution in [0.3, 0.4) is 0 Å². The Morgan fingerprint density at radius 1 is 0.655 bits per heavy atom. The third-order valence-corrected chi connectivity index (χ3v) is 4.39.